The van der Waals surface area contributed by atoms with Gasteiger partial charge in [-0.1, -0.05) is 24.3 Å². The summed E-state index contributed by atoms with van der Waals surface area (Å²) in [5.74, 6) is 0.413. The predicted octanol–water partition coefficient (Wildman–Crippen LogP) is 6.13. The number of anilines is 3. The molecule has 0 unspecified atom stereocenters. The third-order valence-corrected chi connectivity index (χ3v) is 7.68. The van der Waals surface area contributed by atoms with Gasteiger partial charge < -0.3 is 29.7 Å². The summed E-state index contributed by atoms with van der Waals surface area (Å²) in [5, 5.41) is 7.04. The molecule has 0 aliphatic carbocycles. The van der Waals surface area contributed by atoms with Gasteiger partial charge in [0.1, 0.15) is 11.8 Å². The summed E-state index contributed by atoms with van der Waals surface area (Å²) in [6, 6.07) is 35.2. The summed E-state index contributed by atoms with van der Waals surface area (Å²) in [5.41, 5.74) is 5.72. The van der Waals surface area contributed by atoms with Crippen molar-refractivity contribution in [1.29, 1.82) is 0 Å². The van der Waals surface area contributed by atoms with Crippen molar-refractivity contribution in [2.45, 2.75) is 12.1 Å². The maximum absolute atomic E-state index is 12.5. The van der Waals surface area contributed by atoms with Gasteiger partial charge in [-0.3, -0.25) is 9.78 Å². The second-order valence-corrected chi connectivity index (χ2v) is 10.8. The van der Waals surface area contributed by atoms with E-state index < -0.39 is 0 Å². The smallest absolute Gasteiger partial charge is 0.262 e. The Balaban J connectivity index is 1.28. The molecule has 1 saturated heterocycles. The van der Waals surface area contributed by atoms with E-state index in [2.05, 4.69) is 72.6 Å². The van der Waals surface area contributed by atoms with Crippen molar-refractivity contribution in [3.05, 3.63) is 133 Å². The van der Waals surface area contributed by atoms with Crippen molar-refractivity contribution in [2.24, 2.45) is 0 Å². The van der Waals surface area contributed by atoms with Crippen molar-refractivity contribution >= 4 is 40.3 Å². The Labute approximate surface area is 256 Å². The zero-order chi connectivity index (χ0) is 29.8. The van der Waals surface area contributed by atoms with Crippen molar-refractivity contribution in [1.82, 2.24) is 14.9 Å². The first-order chi connectivity index (χ1) is 21.0. The van der Waals surface area contributed by atoms with Crippen LogP contribution in [0.5, 0.6) is 5.75 Å². The molecule has 0 saturated carbocycles. The number of pyridine rings is 1. The van der Waals surface area contributed by atoms with Gasteiger partial charge in [-0.15, -0.1) is 0 Å². The number of hydrogen-bond acceptors (Lipinski definition) is 5. The molecule has 0 bridgehead atoms. The van der Waals surface area contributed by atoms with E-state index in [9.17, 15) is 4.79 Å². The Bertz CT molecular complexity index is 1690. The highest BCUT2D eigenvalue weighted by atomic mass is 32.1. The molecule has 5 aromatic rings. The highest BCUT2D eigenvalue weighted by Crippen LogP contribution is 2.42. The van der Waals surface area contributed by atoms with Crippen LogP contribution in [0.1, 0.15) is 23.5 Å². The third-order valence-electron chi connectivity index (χ3n) is 7.37. The molecule has 9 heteroatoms. The van der Waals surface area contributed by atoms with Crippen molar-refractivity contribution < 1.29 is 9.53 Å². The second-order valence-electron chi connectivity index (χ2n) is 10.4. The van der Waals surface area contributed by atoms with Crippen LogP contribution in [0.15, 0.2) is 122 Å². The lowest BCUT2D eigenvalue weighted by Gasteiger charge is -2.29. The number of hydrogen-bond donors (Lipinski definition) is 2. The number of benzene rings is 3. The summed E-state index contributed by atoms with van der Waals surface area (Å²) in [7, 11) is 4.07. The fraction of sp³-hybridized carbons (Fsp3) is 0.147. The molecule has 0 spiro atoms. The molecule has 2 aromatic heterocycles. The molecule has 2 atom stereocenters. The van der Waals surface area contributed by atoms with E-state index in [1.807, 2.05) is 86.9 Å². The Morgan fingerprint density at radius 2 is 1.63 bits per heavy atom. The largest absolute Gasteiger partial charge is 0.484 e. The zero-order valence-corrected chi connectivity index (χ0v) is 24.7. The van der Waals surface area contributed by atoms with Gasteiger partial charge >= 0.3 is 0 Å². The topological polar surface area (TPSA) is 74.7 Å². The standard InChI is InChI=1S/C34H32N6O2S/c1-38(2)25-17-19-26(20-18-25)39-22-8-12-30(39)33-32(29-11-6-7-21-35-29)37-34(43)40(33)27-15-13-24(14-16-27)36-31(41)23-42-28-9-4-3-5-10-28/h3-22,32-33H,23H2,1-2H3,(H,36,41)(H,37,43)/t32-,33-/m0/s1. The lowest BCUT2D eigenvalue weighted by atomic mass is 10.0. The lowest BCUT2D eigenvalue weighted by molar-refractivity contribution is -0.118. The average Bonchev–Trinajstić information content (AvgIpc) is 3.66. The van der Waals surface area contributed by atoms with Crippen molar-refractivity contribution in [3.63, 3.8) is 0 Å². The van der Waals surface area contributed by atoms with E-state index in [1.54, 1.807) is 6.20 Å². The number of carbonyl (C=O) groups is 1. The summed E-state index contributed by atoms with van der Waals surface area (Å²) in [6.07, 6.45) is 3.88. The first-order valence-electron chi connectivity index (χ1n) is 14.0. The van der Waals surface area contributed by atoms with Crippen LogP contribution in [0.4, 0.5) is 17.1 Å². The normalized spacial score (nSPS) is 16.0. The van der Waals surface area contributed by atoms with Crippen molar-refractivity contribution in [2.75, 3.05) is 35.8 Å². The molecule has 43 heavy (non-hydrogen) atoms. The fourth-order valence-corrected chi connectivity index (χ4v) is 5.63. The van der Waals surface area contributed by atoms with Gasteiger partial charge in [0.2, 0.25) is 0 Å². The minimum absolute atomic E-state index is 0.0771. The van der Waals surface area contributed by atoms with Gasteiger partial charge in [0.25, 0.3) is 5.91 Å². The summed E-state index contributed by atoms with van der Waals surface area (Å²) in [6.45, 7) is -0.0771. The highest BCUT2D eigenvalue weighted by Gasteiger charge is 2.42. The van der Waals surface area contributed by atoms with Gasteiger partial charge in [0.15, 0.2) is 11.7 Å². The van der Waals surface area contributed by atoms with E-state index in [0.29, 0.717) is 16.5 Å². The molecule has 216 valence electrons. The van der Waals surface area contributed by atoms with Crippen molar-refractivity contribution in [3.8, 4) is 11.4 Å². The summed E-state index contributed by atoms with van der Waals surface area (Å²) < 4.78 is 7.78. The summed E-state index contributed by atoms with van der Waals surface area (Å²) in [4.78, 5) is 21.4. The number of nitrogens with zero attached hydrogens (tertiary/aromatic N) is 4. The molecular weight excluding hydrogens is 556 g/mol. The predicted molar refractivity (Wildman–Crippen MR) is 175 cm³/mol. The van der Waals surface area contributed by atoms with E-state index in [4.69, 9.17) is 17.0 Å². The number of thiocarbonyl (C=S) groups is 1. The lowest BCUT2D eigenvalue weighted by Crippen LogP contribution is -2.30. The van der Waals surface area contributed by atoms with Gasteiger partial charge in [-0.05, 0) is 97.1 Å². The van der Waals surface area contributed by atoms with Crippen LogP contribution in [-0.4, -0.2) is 41.3 Å². The number of amides is 1. The first kappa shape index (κ1) is 28.0. The molecule has 6 rings (SSSR count). The maximum Gasteiger partial charge on any atom is 0.262 e. The van der Waals surface area contributed by atoms with Crippen LogP contribution in [0, 0.1) is 0 Å². The highest BCUT2D eigenvalue weighted by molar-refractivity contribution is 7.80. The zero-order valence-electron chi connectivity index (χ0n) is 23.9. The number of para-hydroxylation sites is 1. The second kappa shape index (κ2) is 12.4. The van der Waals surface area contributed by atoms with Gasteiger partial charge in [-0.25, -0.2) is 0 Å². The van der Waals surface area contributed by atoms with Crippen LogP contribution in [0.3, 0.4) is 0 Å². The number of aromatic nitrogens is 2. The van der Waals surface area contributed by atoms with Gasteiger partial charge in [-0.2, -0.15) is 0 Å². The first-order valence-corrected chi connectivity index (χ1v) is 14.4. The van der Waals surface area contributed by atoms with E-state index in [-0.39, 0.29) is 24.6 Å². The summed E-state index contributed by atoms with van der Waals surface area (Å²) >= 11 is 5.93. The van der Waals surface area contributed by atoms with Gasteiger partial charge in [0.05, 0.1) is 11.7 Å². The Kier molecular flexibility index (Phi) is 8.06. The van der Waals surface area contributed by atoms with E-state index in [1.165, 1.54) is 0 Å². The molecule has 3 aromatic carbocycles. The molecule has 3 heterocycles. The maximum atomic E-state index is 12.5. The molecule has 0 radical (unpaired) electrons. The SMILES string of the molecule is CN(C)c1ccc(-n2cccc2[C@H]2[C@H](c3ccccn3)NC(=S)N2c2ccc(NC(=O)COc3ccccc3)cc2)cc1. The molecule has 1 amide bonds. The fourth-order valence-electron chi connectivity index (χ4n) is 5.28. The Hall–Kier alpha value is -5.15. The minimum atomic E-state index is -0.235. The van der Waals surface area contributed by atoms with Crippen LogP contribution >= 0.6 is 12.2 Å². The van der Waals surface area contributed by atoms with Crippen LogP contribution in [0.2, 0.25) is 0 Å². The number of ether oxygens (including phenoxy) is 1. The third kappa shape index (κ3) is 6.07. The van der Waals surface area contributed by atoms with Crippen LogP contribution < -0.4 is 25.2 Å². The van der Waals surface area contributed by atoms with Crippen LogP contribution in [0.25, 0.3) is 5.69 Å². The quantitative estimate of drug-likeness (QED) is 0.201. The molecule has 8 nitrogen and oxygen atoms in total. The van der Waals surface area contributed by atoms with E-state index in [0.717, 1.165) is 28.5 Å². The van der Waals surface area contributed by atoms with Gasteiger partial charge in [0, 0.05) is 54.9 Å². The molecule has 1 fully saturated rings. The average molecular weight is 589 g/mol. The number of carbonyl (C=O) groups excluding carboxylic acids is 1. The van der Waals surface area contributed by atoms with E-state index >= 15 is 0 Å². The molecule has 1 aliphatic heterocycles. The Morgan fingerprint density at radius 1 is 0.907 bits per heavy atom. The van der Waals surface area contributed by atoms with Crippen LogP contribution in [-0.2, 0) is 4.79 Å². The monoisotopic (exact) mass is 588 g/mol. The molecular formula is C34H32N6O2S. The molecule has 2 N–H and O–H groups in total. The Morgan fingerprint density at radius 3 is 2.33 bits per heavy atom. The number of nitrogens with one attached hydrogen (secondary N) is 2. The number of rotatable bonds is 9. The molecule has 1 aliphatic rings. The minimum Gasteiger partial charge on any atom is -0.484 e.